The van der Waals surface area contributed by atoms with Crippen molar-refractivity contribution in [2.75, 3.05) is 33.0 Å². The quantitative estimate of drug-likeness (QED) is 0.0273. The van der Waals surface area contributed by atoms with E-state index in [9.17, 15) is 9.59 Å². The van der Waals surface area contributed by atoms with Gasteiger partial charge in [-0.2, -0.15) is 10.2 Å². The van der Waals surface area contributed by atoms with Crippen molar-refractivity contribution in [3.63, 3.8) is 0 Å². The lowest BCUT2D eigenvalue weighted by Gasteiger charge is -2.38. The number of nitrogens with zero attached hydrogens (tertiary/aromatic N) is 2. The monoisotopic (exact) mass is 866 g/mol. The summed E-state index contributed by atoms with van der Waals surface area (Å²) >= 11 is 3.42. The molecule has 2 aromatic carbocycles. The highest BCUT2D eigenvalue weighted by molar-refractivity contribution is 9.10. The third-order valence-corrected chi connectivity index (χ3v) is 20.8. The summed E-state index contributed by atoms with van der Waals surface area (Å²) in [4.78, 5) is 24.8. The minimum Gasteiger partial charge on any atom is -0.494 e. The summed E-state index contributed by atoms with van der Waals surface area (Å²) in [5.41, 5.74) is 0.711. The molecule has 0 radical (unpaired) electrons. The summed E-state index contributed by atoms with van der Waals surface area (Å²) in [7, 11) is -5.82. The fourth-order valence-electron chi connectivity index (χ4n) is 5.99. The zero-order valence-corrected chi connectivity index (χ0v) is 39.0. The summed E-state index contributed by atoms with van der Waals surface area (Å²) in [6, 6.07) is 19.3. The predicted octanol–water partition coefficient (Wildman–Crippen LogP) is 11.7. The number of unbranched alkanes of at least 4 members (excludes halogenated alkanes) is 4. The molecule has 0 aliphatic rings. The molecule has 0 saturated heterocycles. The van der Waals surface area contributed by atoms with E-state index in [2.05, 4.69) is 72.4 Å². The lowest BCUT2D eigenvalue weighted by molar-refractivity contribution is -0.156. The zero-order chi connectivity index (χ0) is 40.1. The maximum atomic E-state index is 12.8. The van der Waals surface area contributed by atoms with Crippen LogP contribution < -0.4 is 4.74 Å². The first kappa shape index (κ1) is 47.9. The number of rotatable bonds is 28. The van der Waals surface area contributed by atoms with Crippen molar-refractivity contribution in [3.8, 4) is 5.75 Å². The van der Waals surface area contributed by atoms with E-state index in [1.54, 1.807) is 13.8 Å². The number of hydrogen-bond donors (Lipinski definition) is 0. The Morgan fingerprint density at radius 2 is 1.26 bits per heavy atom. The van der Waals surface area contributed by atoms with E-state index < -0.39 is 35.4 Å². The number of ether oxygens (including phenoxy) is 4. The molecule has 2 rings (SSSR count). The standard InChI is InChI=1S/C40H67BrN2O8Si3/c1-10-11-31-52(4,5)50-54(8,9)51-53(6,7)32-19-26-46-29-30-49-39(45)40(2,3)33-37(41)38(44)48-28-18-13-12-17-27-47-36-24-22-35(23-25-36)43-42-34-20-15-14-16-21-34/h14-16,20-25,37H,10-13,17-19,26-33H2,1-9H3. The fourth-order valence-corrected chi connectivity index (χ4v) is 21.1. The van der Waals surface area contributed by atoms with Gasteiger partial charge in [0.05, 0.1) is 36.6 Å². The first-order valence-electron chi connectivity index (χ1n) is 19.6. The highest BCUT2D eigenvalue weighted by Crippen LogP contribution is 2.29. The molecule has 0 fully saturated rings. The Morgan fingerprint density at radius 1 is 0.685 bits per heavy atom. The maximum absolute atomic E-state index is 12.8. The molecule has 0 aliphatic carbocycles. The highest BCUT2D eigenvalue weighted by Gasteiger charge is 2.39. The molecule has 0 saturated carbocycles. The number of azo groups is 1. The Bertz CT molecular complexity index is 1400. The lowest BCUT2D eigenvalue weighted by atomic mass is 9.88. The maximum Gasteiger partial charge on any atom is 0.319 e. The second-order valence-electron chi connectivity index (χ2n) is 16.1. The van der Waals surface area contributed by atoms with Crippen LogP contribution in [-0.2, 0) is 32.0 Å². The number of esters is 2. The average molecular weight is 868 g/mol. The smallest absolute Gasteiger partial charge is 0.319 e. The fraction of sp³-hybridized carbons (Fsp3) is 0.650. The minimum atomic E-state index is -2.20. The first-order chi connectivity index (χ1) is 25.4. The van der Waals surface area contributed by atoms with Gasteiger partial charge in [-0.15, -0.1) is 0 Å². The summed E-state index contributed by atoms with van der Waals surface area (Å²) in [6.07, 6.45) is 7.10. The van der Waals surface area contributed by atoms with Crippen molar-refractivity contribution in [1.82, 2.24) is 0 Å². The molecule has 0 amide bonds. The molecule has 304 valence electrons. The van der Waals surface area contributed by atoms with E-state index >= 15 is 0 Å². The molecule has 14 heteroatoms. The van der Waals surface area contributed by atoms with Crippen LogP contribution in [0.3, 0.4) is 0 Å². The summed E-state index contributed by atoms with van der Waals surface area (Å²) in [5, 5.41) is 8.47. The van der Waals surface area contributed by atoms with Crippen LogP contribution >= 0.6 is 15.9 Å². The van der Waals surface area contributed by atoms with Gasteiger partial charge in [0.1, 0.15) is 17.2 Å². The molecule has 0 spiro atoms. The van der Waals surface area contributed by atoms with Gasteiger partial charge in [0, 0.05) is 6.61 Å². The zero-order valence-electron chi connectivity index (χ0n) is 34.4. The number of carbonyl (C=O) groups is 2. The molecule has 1 atom stereocenters. The molecule has 10 nitrogen and oxygen atoms in total. The van der Waals surface area contributed by atoms with Crippen LogP contribution in [0.2, 0.25) is 51.4 Å². The van der Waals surface area contributed by atoms with Gasteiger partial charge in [0.25, 0.3) is 0 Å². The average Bonchev–Trinajstić information content (AvgIpc) is 3.10. The first-order valence-corrected chi connectivity index (χ1v) is 29.6. The second-order valence-corrected chi connectivity index (χ2v) is 29.7. The van der Waals surface area contributed by atoms with Crippen LogP contribution in [0, 0.1) is 5.41 Å². The van der Waals surface area contributed by atoms with Crippen molar-refractivity contribution in [2.45, 2.75) is 128 Å². The van der Waals surface area contributed by atoms with Gasteiger partial charge in [-0.25, -0.2) is 0 Å². The Kier molecular flexibility index (Phi) is 21.7. The molecule has 2 aromatic rings. The Balaban J connectivity index is 1.53. The number of alkyl halides is 1. The molecule has 54 heavy (non-hydrogen) atoms. The normalized spacial score (nSPS) is 13.2. The van der Waals surface area contributed by atoms with Gasteiger partial charge in [-0.1, -0.05) is 53.9 Å². The molecule has 0 heterocycles. The van der Waals surface area contributed by atoms with Crippen molar-refractivity contribution < 1.29 is 36.8 Å². The van der Waals surface area contributed by atoms with E-state index in [1.807, 2.05) is 54.6 Å². The van der Waals surface area contributed by atoms with Crippen LogP contribution in [0.1, 0.15) is 72.1 Å². The largest absolute Gasteiger partial charge is 0.494 e. The molecule has 0 aliphatic heterocycles. The topological polar surface area (TPSA) is 114 Å². The molecule has 0 N–H and O–H groups in total. The van der Waals surface area contributed by atoms with Gasteiger partial charge in [-0.05, 0) is 140 Å². The third-order valence-electron chi connectivity index (χ3n) is 8.63. The number of halogens is 1. The minimum absolute atomic E-state index is 0.168. The van der Waals surface area contributed by atoms with Crippen molar-refractivity contribution in [3.05, 3.63) is 54.6 Å². The molecule has 0 aromatic heterocycles. The third kappa shape index (κ3) is 21.2. The summed E-state index contributed by atoms with van der Waals surface area (Å²) in [6.45, 7) is 21.3. The highest BCUT2D eigenvalue weighted by atomic mass is 79.9. The van der Waals surface area contributed by atoms with Crippen LogP contribution in [0.25, 0.3) is 0 Å². The molecular formula is C40H67BrN2O8Si3. The van der Waals surface area contributed by atoms with Gasteiger partial charge in [-0.3, -0.25) is 9.59 Å². The van der Waals surface area contributed by atoms with Crippen LogP contribution in [0.4, 0.5) is 11.4 Å². The predicted molar refractivity (Wildman–Crippen MR) is 229 cm³/mol. The number of hydrogen-bond acceptors (Lipinski definition) is 10. The van der Waals surface area contributed by atoms with Crippen molar-refractivity contribution in [1.29, 1.82) is 0 Å². The van der Waals surface area contributed by atoms with Crippen molar-refractivity contribution in [2.24, 2.45) is 15.6 Å². The van der Waals surface area contributed by atoms with Crippen LogP contribution in [0.5, 0.6) is 5.75 Å². The van der Waals surface area contributed by atoms with E-state index in [0.29, 0.717) is 26.4 Å². The second kappa shape index (κ2) is 24.4. The molecular weight excluding hydrogens is 801 g/mol. The van der Waals surface area contributed by atoms with E-state index in [4.69, 9.17) is 27.2 Å². The Morgan fingerprint density at radius 3 is 1.87 bits per heavy atom. The summed E-state index contributed by atoms with van der Waals surface area (Å²) in [5.74, 6) is 0.0542. The lowest BCUT2D eigenvalue weighted by Crippen LogP contribution is -2.52. The molecule has 1 unspecified atom stereocenters. The van der Waals surface area contributed by atoms with E-state index in [-0.39, 0.29) is 25.0 Å². The van der Waals surface area contributed by atoms with Gasteiger partial charge in [0.15, 0.2) is 16.6 Å². The van der Waals surface area contributed by atoms with E-state index in [0.717, 1.165) is 55.3 Å². The Hall–Kier alpha value is -2.21. The number of carbonyl (C=O) groups excluding carboxylic acids is 2. The summed E-state index contributed by atoms with van der Waals surface area (Å²) < 4.78 is 35.9. The SMILES string of the molecule is CCCC[Si](C)(C)O[Si](C)(C)O[Si](C)(C)CCCOCCOC(=O)C(C)(C)CC(Br)C(=O)OCCCCCCOc1ccc(N=Nc2ccccc2)cc1. The van der Waals surface area contributed by atoms with Gasteiger partial charge < -0.3 is 27.2 Å². The number of benzene rings is 2. The van der Waals surface area contributed by atoms with Gasteiger partial charge in [0.2, 0.25) is 0 Å². The Labute approximate surface area is 337 Å². The molecule has 0 bridgehead atoms. The van der Waals surface area contributed by atoms with Crippen LogP contribution in [-0.4, -0.2) is 75.0 Å². The van der Waals surface area contributed by atoms with Gasteiger partial charge >= 0.3 is 20.5 Å². The van der Waals surface area contributed by atoms with E-state index in [1.165, 1.54) is 18.9 Å². The van der Waals surface area contributed by atoms with Crippen molar-refractivity contribution >= 4 is 64.4 Å². The van der Waals surface area contributed by atoms with Crippen LogP contribution in [0.15, 0.2) is 64.8 Å².